The zero-order chi connectivity index (χ0) is 15.1. The quantitative estimate of drug-likeness (QED) is 0.423. The minimum absolute atomic E-state index is 0. The molecular weight excluding hydrogens is 409 g/mol. The van der Waals surface area contributed by atoms with Crippen LogP contribution in [-0.4, -0.2) is 37.2 Å². The Morgan fingerprint density at radius 3 is 2.95 bits per heavy atom. The zero-order valence-electron chi connectivity index (χ0n) is 13.5. The summed E-state index contributed by atoms with van der Waals surface area (Å²) in [5.41, 5.74) is 1.22. The van der Waals surface area contributed by atoms with Crippen molar-refractivity contribution in [2.45, 2.75) is 31.6 Å². The van der Waals surface area contributed by atoms with Crippen LogP contribution >= 0.6 is 35.7 Å². The number of hydrogen-bond acceptors (Lipinski definition) is 3. The molecule has 0 amide bonds. The van der Waals surface area contributed by atoms with Crippen LogP contribution in [0.3, 0.4) is 0 Å². The Labute approximate surface area is 154 Å². The zero-order valence-corrected chi connectivity index (χ0v) is 16.6. The van der Waals surface area contributed by atoms with Gasteiger partial charge in [-0.15, -0.1) is 24.0 Å². The molecule has 2 unspecified atom stereocenters. The minimum atomic E-state index is 0. The van der Waals surface area contributed by atoms with Gasteiger partial charge in [0.05, 0.1) is 19.2 Å². The van der Waals surface area contributed by atoms with Crippen molar-refractivity contribution < 1.29 is 4.74 Å². The molecule has 0 saturated heterocycles. The SMILES string of the molecule is CCNC(=NCC(C)SC)NC1CCOc2ccccc21.I. The van der Waals surface area contributed by atoms with E-state index in [1.165, 1.54) is 5.56 Å². The third-order valence-corrected chi connectivity index (χ3v) is 4.48. The van der Waals surface area contributed by atoms with Gasteiger partial charge in [-0.3, -0.25) is 4.99 Å². The van der Waals surface area contributed by atoms with Gasteiger partial charge >= 0.3 is 0 Å². The second kappa shape index (κ2) is 10.2. The summed E-state index contributed by atoms with van der Waals surface area (Å²) in [6, 6.07) is 8.49. The highest BCUT2D eigenvalue weighted by Crippen LogP contribution is 2.31. The molecule has 2 N–H and O–H groups in total. The molecule has 1 aromatic carbocycles. The second-order valence-electron chi connectivity index (χ2n) is 5.14. The van der Waals surface area contributed by atoms with Gasteiger partial charge in [0.25, 0.3) is 0 Å². The predicted molar refractivity (Wildman–Crippen MR) is 107 cm³/mol. The van der Waals surface area contributed by atoms with E-state index in [0.717, 1.165) is 37.8 Å². The van der Waals surface area contributed by atoms with Gasteiger partial charge in [0.2, 0.25) is 0 Å². The van der Waals surface area contributed by atoms with Crippen LogP contribution in [0.2, 0.25) is 0 Å². The summed E-state index contributed by atoms with van der Waals surface area (Å²) in [5.74, 6) is 1.87. The van der Waals surface area contributed by atoms with E-state index in [1.807, 2.05) is 23.9 Å². The average molecular weight is 435 g/mol. The van der Waals surface area contributed by atoms with Crippen molar-refractivity contribution in [3.63, 3.8) is 0 Å². The van der Waals surface area contributed by atoms with Gasteiger partial charge in [0, 0.05) is 23.8 Å². The number of nitrogens with one attached hydrogen (secondary N) is 2. The maximum atomic E-state index is 5.71. The maximum absolute atomic E-state index is 5.71. The van der Waals surface area contributed by atoms with Crippen LogP contribution in [0.4, 0.5) is 0 Å². The van der Waals surface area contributed by atoms with Crippen molar-refractivity contribution in [1.29, 1.82) is 0 Å². The van der Waals surface area contributed by atoms with E-state index < -0.39 is 0 Å². The molecule has 0 aliphatic carbocycles. The number of benzene rings is 1. The number of aliphatic imine (C=N–C) groups is 1. The van der Waals surface area contributed by atoms with Crippen molar-refractivity contribution in [3.8, 4) is 5.75 Å². The molecule has 0 spiro atoms. The van der Waals surface area contributed by atoms with Crippen LogP contribution in [0.5, 0.6) is 5.75 Å². The molecule has 1 aliphatic rings. The smallest absolute Gasteiger partial charge is 0.191 e. The molecule has 0 saturated carbocycles. The molecule has 6 heteroatoms. The van der Waals surface area contributed by atoms with Crippen LogP contribution in [-0.2, 0) is 0 Å². The molecule has 1 aromatic rings. The topological polar surface area (TPSA) is 45.7 Å². The summed E-state index contributed by atoms with van der Waals surface area (Å²) in [5, 5.41) is 7.40. The summed E-state index contributed by atoms with van der Waals surface area (Å²) in [6.45, 7) is 6.72. The van der Waals surface area contributed by atoms with E-state index >= 15 is 0 Å². The van der Waals surface area contributed by atoms with E-state index in [0.29, 0.717) is 5.25 Å². The molecule has 0 bridgehead atoms. The maximum Gasteiger partial charge on any atom is 0.191 e. The van der Waals surface area contributed by atoms with Gasteiger partial charge < -0.3 is 15.4 Å². The van der Waals surface area contributed by atoms with Crippen molar-refractivity contribution in [1.82, 2.24) is 10.6 Å². The second-order valence-corrected chi connectivity index (χ2v) is 6.41. The predicted octanol–water partition coefficient (Wildman–Crippen LogP) is 3.43. The highest BCUT2D eigenvalue weighted by molar-refractivity contribution is 14.0. The molecule has 2 rings (SSSR count). The van der Waals surface area contributed by atoms with Crippen LogP contribution in [0, 0.1) is 0 Å². The average Bonchev–Trinajstić information content (AvgIpc) is 2.52. The standard InChI is InChI=1S/C16H25N3OS.HI/c1-4-17-16(18-11-12(2)21-3)19-14-9-10-20-15-8-6-5-7-13(14)15;/h5-8,12,14H,4,9-11H2,1-3H3,(H2,17,18,19);1H. The summed E-state index contributed by atoms with van der Waals surface area (Å²) in [7, 11) is 0. The van der Waals surface area contributed by atoms with Gasteiger partial charge in [-0.05, 0) is 19.2 Å². The lowest BCUT2D eigenvalue weighted by molar-refractivity contribution is 0.261. The van der Waals surface area contributed by atoms with E-state index in [9.17, 15) is 0 Å². The fourth-order valence-electron chi connectivity index (χ4n) is 2.27. The number of guanidine groups is 1. The lowest BCUT2D eigenvalue weighted by atomic mass is 10.0. The molecule has 0 fully saturated rings. The number of fused-ring (bicyclic) bond motifs is 1. The molecule has 0 aromatic heterocycles. The van der Waals surface area contributed by atoms with Gasteiger partial charge in [0.1, 0.15) is 5.75 Å². The first-order valence-electron chi connectivity index (χ1n) is 7.54. The monoisotopic (exact) mass is 435 g/mol. The van der Waals surface area contributed by atoms with E-state index in [2.05, 4.69) is 47.9 Å². The Balaban J connectivity index is 0.00000242. The lowest BCUT2D eigenvalue weighted by Gasteiger charge is -2.28. The third kappa shape index (κ3) is 5.53. The van der Waals surface area contributed by atoms with Crippen molar-refractivity contribution >= 4 is 41.7 Å². The first kappa shape index (κ1) is 19.4. The van der Waals surface area contributed by atoms with Gasteiger partial charge in [0.15, 0.2) is 5.96 Å². The Hall–Kier alpha value is -0.630. The number of para-hydroxylation sites is 1. The Bertz CT molecular complexity index is 484. The van der Waals surface area contributed by atoms with Crippen LogP contribution in [0.1, 0.15) is 31.9 Å². The van der Waals surface area contributed by atoms with Crippen molar-refractivity contribution in [2.24, 2.45) is 4.99 Å². The molecule has 0 radical (unpaired) electrons. The molecule has 124 valence electrons. The van der Waals surface area contributed by atoms with E-state index in [1.54, 1.807) is 0 Å². The van der Waals surface area contributed by atoms with Crippen molar-refractivity contribution in [2.75, 3.05) is 26.0 Å². The highest BCUT2D eigenvalue weighted by atomic mass is 127. The summed E-state index contributed by atoms with van der Waals surface area (Å²) in [4.78, 5) is 4.68. The first-order valence-corrected chi connectivity index (χ1v) is 8.82. The van der Waals surface area contributed by atoms with Crippen LogP contribution in [0.25, 0.3) is 0 Å². The molecule has 4 nitrogen and oxygen atoms in total. The third-order valence-electron chi connectivity index (χ3n) is 3.52. The largest absolute Gasteiger partial charge is 0.493 e. The molecular formula is C16H26IN3OS. The number of thioether (sulfide) groups is 1. The summed E-state index contributed by atoms with van der Waals surface area (Å²) >= 11 is 1.84. The van der Waals surface area contributed by atoms with Gasteiger partial charge in [-0.2, -0.15) is 11.8 Å². The normalized spacial score (nSPS) is 18.5. The van der Waals surface area contributed by atoms with Crippen LogP contribution < -0.4 is 15.4 Å². The van der Waals surface area contributed by atoms with Crippen LogP contribution in [0.15, 0.2) is 29.3 Å². The number of hydrogen-bond donors (Lipinski definition) is 2. The number of rotatable bonds is 5. The van der Waals surface area contributed by atoms with Gasteiger partial charge in [-0.1, -0.05) is 25.1 Å². The van der Waals surface area contributed by atoms with Gasteiger partial charge in [-0.25, -0.2) is 0 Å². The Morgan fingerprint density at radius 2 is 2.23 bits per heavy atom. The molecule has 22 heavy (non-hydrogen) atoms. The molecule has 2 atom stereocenters. The van der Waals surface area contributed by atoms with E-state index in [4.69, 9.17) is 4.74 Å². The highest BCUT2D eigenvalue weighted by Gasteiger charge is 2.21. The summed E-state index contributed by atoms with van der Waals surface area (Å²) in [6.07, 6.45) is 3.08. The Morgan fingerprint density at radius 1 is 1.45 bits per heavy atom. The van der Waals surface area contributed by atoms with Crippen molar-refractivity contribution in [3.05, 3.63) is 29.8 Å². The minimum Gasteiger partial charge on any atom is -0.493 e. The number of ether oxygens (including phenoxy) is 1. The number of halogens is 1. The Kier molecular flexibility index (Phi) is 9.00. The molecule has 1 heterocycles. The lowest BCUT2D eigenvalue weighted by Crippen LogP contribution is -2.41. The fourth-order valence-corrected chi connectivity index (χ4v) is 2.50. The first-order chi connectivity index (χ1) is 10.2. The summed E-state index contributed by atoms with van der Waals surface area (Å²) < 4.78 is 5.71. The fraction of sp³-hybridized carbons (Fsp3) is 0.562. The number of nitrogens with zero attached hydrogens (tertiary/aromatic N) is 1. The van der Waals surface area contributed by atoms with E-state index in [-0.39, 0.29) is 30.0 Å². The molecule has 1 aliphatic heterocycles.